The number of piperidine rings is 1. The van der Waals surface area contributed by atoms with Gasteiger partial charge < -0.3 is 24.6 Å². The SMILES string of the molecule is COc1cc2c(cc1OC)C1C(NC(=O)OC(C)(C)C)CC(C(=O)O)CN1CC2. The van der Waals surface area contributed by atoms with E-state index in [4.69, 9.17) is 14.2 Å². The molecule has 0 bridgehead atoms. The lowest BCUT2D eigenvalue weighted by Gasteiger charge is -2.47. The van der Waals surface area contributed by atoms with Crippen molar-refractivity contribution in [1.82, 2.24) is 10.2 Å². The zero-order valence-corrected chi connectivity index (χ0v) is 17.7. The second-order valence-corrected chi connectivity index (χ2v) is 8.62. The van der Waals surface area contributed by atoms with Crippen LogP contribution in [0.5, 0.6) is 11.5 Å². The van der Waals surface area contributed by atoms with Crippen molar-refractivity contribution in [2.75, 3.05) is 27.3 Å². The number of rotatable bonds is 4. The molecule has 8 nitrogen and oxygen atoms in total. The average Bonchev–Trinajstić information content (AvgIpc) is 2.64. The second-order valence-electron chi connectivity index (χ2n) is 8.62. The Morgan fingerprint density at radius 3 is 2.41 bits per heavy atom. The fourth-order valence-electron chi connectivity index (χ4n) is 4.27. The highest BCUT2D eigenvalue weighted by Gasteiger charge is 2.43. The van der Waals surface area contributed by atoms with Gasteiger partial charge in [0.15, 0.2) is 11.5 Å². The van der Waals surface area contributed by atoms with Crippen molar-refractivity contribution in [2.24, 2.45) is 5.92 Å². The van der Waals surface area contributed by atoms with Gasteiger partial charge in [-0.15, -0.1) is 0 Å². The smallest absolute Gasteiger partial charge is 0.407 e. The van der Waals surface area contributed by atoms with Crippen molar-refractivity contribution in [2.45, 2.75) is 51.3 Å². The fourth-order valence-corrected chi connectivity index (χ4v) is 4.27. The third kappa shape index (κ3) is 4.58. The lowest BCUT2D eigenvalue weighted by Crippen LogP contribution is -2.56. The zero-order chi connectivity index (χ0) is 21.3. The summed E-state index contributed by atoms with van der Waals surface area (Å²) >= 11 is 0. The molecule has 0 aromatic heterocycles. The van der Waals surface area contributed by atoms with Gasteiger partial charge in [-0.3, -0.25) is 9.69 Å². The highest BCUT2D eigenvalue weighted by molar-refractivity contribution is 5.72. The summed E-state index contributed by atoms with van der Waals surface area (Å²) < 4.78 is 16.3. The predicted octanol–water partition coefficient (Wildman–Crippen LogP) is 2.60. The number of hydrogen-bond donors (Lipinski definition) is 2. The molecular formula is C21H30N2O6. The van der Waals surface area contributed by atoms with E-state index in [2.05, 4.69) is 10.2 Å². The van der Waals surface area contributed by atoms with E-state index < -0.39 is 29.6 Å². The van der Waals surface area contributed by atoms with Crippen LogP contribution >= 0.6 is 0 Å². The monoisotopic (exact) mass is 406 g/mol. The molecule has 2 heterocycles. The first kappa shape index (κ1) is 21.2. The van der Waals surface area contributed by atoms with Crippen LogP contribution in [0.1, 0.15) is 44.4 Å². The maximum atomic E-state index is 12.5. The van der Waals surface area contributed by atoms with E-state index in [1.807, 2.05) is 12.1 Å². The second kappa shape index (κ2) is 8.10. The summed E-state index contributed by atoms with van der Waals surface area (Å²) in [6.07, 6.45) is 0.572. The molecule has 0 aliphatic carbocycles. The van der Waals surface area contributed by atoms with Crippen molar-refractivity contribution in [3.8, 4) is 11.5 Å². The third-order valence-electron chi connectivity index (χ3n) is 5.45. The minimum atomic E-state index is -0.849. The molecule has 3 rings (SSSR count). The number of methoxy groups -OCH3 is 2. The Morgan fingerprint density at radius 1 is 1.17 bits per heavy atom. The summed E-state index contributed by atoms with van der Waals surface area (Å²) in [6.45, 7) is 6.55. The minimum absolute atomic E-state index is 0.151. The Bertz CT molecular complexity index is 788. The molecule has 1 fully saturated rings. The number of nitrogens with zero attached hydrogens (tertiary/aromatic N) is 1. The number of carboxylic acid groups (broad SMARTS) is 1. The molecule has 8 heteroatoms. The number of nitrogens with one attached hydrogen (secondary N) is 1. The summed E-state index contributed by atoms with van der Waals surface area (Å²) in [5.41, 5.74) is 1.51. The van der Waals surface area contributed by atoms with Gasteiger partial charge in [0.05, 0.1) is 32.2 Å². The lowest BCUT2D eigenvalue weighted by molar-refractivity contribution is -0.145. The molecule has 1 aromatic carbocycles. The predicted molar refractivity (Wildman–Crippen MR) is 106 cm³/mol. The largest absolute Gasteiger partial charge is 0.493 e. The Labute approximate surface area is 171 Å². The van der Waals surface area contributed by atoms with Crippen LogP contribution in [0.15, 0.2) is 12.1 Å². The van der Waals surface area contributed by atoms with Gasteiger partial charge in [-0.2, -0.15) is 0 Å². The molecule has 2 aliphatic heterocycles. The molecular weight excluding hydrogens is 376 g/mol. The van der Waals surface area contributed by atoms with E-state index in [0.717, 1.165) is 17.5 Å². The van der Waals surface area contributed by atoms with Gasteiger partial charge in [-0.1, -0.05) is 0 Å². The quantitative estimate of drug-likeness (QED) is 0.793. The van der Waals surface area contributed by atoms with Gasteiger partial charge in [0, 0.05) is 13.1 Å². The maximum absolute atomic E-state index is 12.5. The van der Waals surface area contributed by atoms with Crippen LogP contribution in [0.25, 0.3) is 0 Å². The van der Waals surface area contributed by atoms with Crippen LogP contribution in [-0.2, 0) is 16.0 Å². The highest BCUT2D eigenvalue weighted by Crippen LogP contribution is 2.43. The first-order valence-electron chi connectivity index (χ1n) is 9.84. The average molecular weight is 406 g/mol. The van der Waals surface area contributed by atoms with E-state index in [9.17, 15) is 14.7 Å². The fraction of sp³-hybridized carbons (Fsp3) is 0.619. The van der Waals surface area contributed by atoms with Crippen molar-refractivity contribution in [3.63, 3.8) is 0 Å². The zero-order valence-electron chi connectivity index (χ0n) is 17.7. The number of carbonyl (C=O) groups is 2. The van der Waals surface area contributed by atoms with Crippen LogP contribution in [0.4, 0.5) is 4.79 Å². The maximum Gasteiger partial charge on any atom is 0.407 e. The minimum Gasteiger partial charge on any atom is -0.493 e. The van der Waals surface area contributed by atoms with Gasteiger partial charge in [0.1, 0.15) is 5.60 Å². The van der Waals surface area contributed by atoms with Crippen LogP contribution < -0.4 is 14.8 Å². The number of carboxylic acids is 1. The lowest BCUT2D eigenvalue weighted by atomic mass is 9.80. The number of amides is 1. The van der Waals surface area contributed by atoms with E-state index in [-0.39, 0.29) is 6.04 Å². The van der Waals surface area contributed by atoms with Gasteiger partial charge in [0.2, 0.25) is 0 Å². The topological polar surface area (TPSA) is 97.3 Å². The standard InChI is InChI=1S/C21H30N2O6/c1-21(2,3)29-20(26)22-15-8-13(19(24)25)11-23-7-6-12-9-16(27-4)17(28-5)10-14(12)18(15)23/h9-10,13,15,18H,6-8,11H2,1-5H3,(H,22,26)(H,24,25). The molecule has 1 amide bonds. The Kier molecular flexibility index (Phi) is 5.93. The summed E-state index contributed by atoms with van der Waals surface area (Å²) in [7, 11) is 3.19. The van der Waals surface area contributed by atoms with Gasteiger partial charge in [-0.05, 0) is 56.9 Å². The Balaban J connectivity index is 1.96. The third-order valence-corrected chi connectivity index (χ3v) is 5.45. The molecule has 0 saturated carbocycles. The molecule has 3 unspecified atom stereocenters. The summed E-state index contributed by atoms with van der Waals surface area (Å²) in [5.74, 6) is -0.120. The molecule has 29 heavy (non-hydrogen) atoms. The number of aliphatic carboxylic acids is 1. The van der Waals surface area contributed by atoms with Gasteiger partial charge >= 0.3 is 12.1 Å². The molecule has 3 atom stereocenters. The van der Waals surface area contributed by atoms with E-state index in [1.165, 1.54) is 0 Å². The number of alkyl carbamates (subject to hydrolysis) is 1. The molecule has 2 aliphatic rings. The van der Waals surface area contributed by atoms with Crippen molar-refractivity contribution in [3.05, 3.63) is 23.3 Å². The molecule has 1 aromatic rings. The number of ether oxygens (including phenoxy) is 3. The van der Waals surface area contributed by atoms with E-state index >= 15 is 0 Å². The Morgan fingerprint density at radius 2 is 1.83 bits per heavy atom. The van der Waals surface area contributed by atoms with Crippen molar-refractivity contribution >= 4 is 12.1 Å². The van der Waals surface area contributed by atoms with Crippen LogP contribution in [-0.4, -0.2) is 61.0 Å². The van der Waals surface area contributed by atoms with Gasteiger partial charge in [0.25, 0.3) is 0 Å². The van der Waals surface area contributed by atoms with E-state index in [1.54, 1.807) is 35.0 Å². The number of benzene rings is 1. The first-order valence-corrected chi connectivity index (χ1v) is 9.84. The molecule has 0 spiro atoms. The molecule has 0 radical (unpaired) electrons. The molecule has 2 N–H and O–H groups in total. The molecule has 160 valence electrons. The van der Waals surface area contributed by atoms with Gasteiger partial charge in [-0.25, -0.2) is 4.79 Å². The van der Waals surface area contributed by atoms with Crippen molar-refractivity contribution in [1.29, 1.82) is 0 Å². The Hall–Kier alpha value is -2.48. The summed E-state index contributed by atoms with van der Waals surface area (Å²) in [4.78, 5) is 26.3. The summed E-state index contributed by atoms with van der Waals surface area (Å²) in [5, 5.41) is 12.5. The highest BCUT2D eigenvalue weighted by atomic mass is 16.6. The van der Waals surface area contributed by atoms with E-state index in [0.29, 0.717) is 31.0 Å². The number of hydrogen-bond acceptors (Lipinski definition) is 6. The first-order chi connectivity index (χ1) is 13.6. The van der Waals surface area contributed by atoms with Crippen LogP contribution in [0.3, 0.4) is 0 Å². The number of carbonyl (C=O) groups excluding carboxylic acids is 1. The molecule has 1 saturated heterocycles. The number of fused-ring (bicyclic) bond motifs is 3. The van der Waals surface area contributed by atoms with Crippen molar-refractivity contribution < 1.29 is 28.9 Å². The van der Waals surface area contributed by atoms with Crippen LogP contribution in [0, 0.1) is 5.92 Å². The summed E-state index contributed by atoms with van der Waals surface area (Å²) in [6, 6.07) is 3.37. The van der Waals surface area contributed by atoms with Crippen LogP contribution in [0.2, 0.25) is 0 Å². The normalized spacial score (nSPS) is 24.1.